The maximum atomic E-state index is 12.8. The van der Waals surface area contributed by atoms with Crippen LogP contribution < -0.4 is 15.4 Å². The molecule has 0 radical (unpaired) electrons. The summed E-state index contributed by atoms with van der Waals surface area (Å²) in [4.78, 5) is 21.4. The average molecular weight is 533 g/mol. The molecule has 9 nitrogen and oxygen atoms in total. The highest BCUT2D eigenvalue weighted by molar-refractivity contribution is 5.76. The predicted molar refractivity (Wildman–Crippen MR) is 148 cm³/mol. The van der Waals surface area contributed by atoms with Crippen molar-refractivity contribution in [3.8, 4) is 5.88 Å². The number of hydrogen-bond acceptors (Lipinski definition) is 7. The van der Waals surface area contributed by atoms with Gasteiger partial charge >= 0.3 is 0 Å². The lowest BCUT2D eigenvalue weighted by Gasteiger charge is -2.47. The molecule has 1 aliphatic carbocycles. The van der Waals surface area contributed by atoms with Gasteiger partial charge in [0.1, 0.15) is 24.8 Å². The van der Waals surface area contributed by atoms with E-state index in [9.17, 15) is 9.90 Å². The Labute approximate surface area is 230 Å². The molecule has 9 heteroatoms. The normalized spacial score (nSPS) is 19.4. The number of fused-ring (bicyclic) bond motifs is 1. The van der Waals surface area contributed by atoms with Gasteiger partial charge in [0.15, 0.2) is 0 Å². The lowest BCUT2D eigenvalue weighted by molar-refractivity contribution is -0.123. The van der Waals surface area contributed by atoms with Crippen LogP contribution in [0.3, 0.4) is 0 Å². The van der Waals surface area contributed by atoms with E-state index in [1.807, 2.05) is 36.5 Å². The van der Waals surface area contributed by atoms with E-state index in [1.54, 1.807) is 0 Å². The molecular weight excluding hydrogens is 492 g/mol. The van der Waals surface area contributed by atoms with E-state index >= 15 is 0 Å². The van der Waals surface area contributed by atoms with Crippen LogP contribution in [0, 0.1) is 5.41 Å². The average Bonchev–Trinajstić information content (AvgIpc) is 3.38. The third-order valence-corrected chi connectivity index (χ3v) is 7.65. The van der Waals surface area contributed by atoms with Crippen molar-refractivity contribution in [3.63, 3.8) is 0 Å². The number of rotatable bonds is 10. The highest BCUT2D eigenvalue weighted by atomic mass is 16.5. The van der Waals surface area contributed by atoms with Gasteiger partial charge in [-0.1, -0.05) is 51.1 Å². The fourth-order valence-electron chi connectivity index (χ4n) is 5.62. The zero-order valence-electron chi connectivity index (χ0n) is 23.1. The fourth-order valence-corrected chi connectivity index (χ4v) is 5.62. The maximum absolute atomic E-state index is 12.8. The summed E-state index contributed by atoms with van der Waals surface area (Å²) in [7, 11) is 0. The minimum Gasteiger partial charge on any atom is -0.471 e. The number of aliphatic hydroxyl groups excluding tert-OH is 1. The molecule has 39 heavy (non-hydrogen) atoms. The number of nitrogens with one attached hydrogen (secondary N) is 2. The van der Waals surface area contributed by atoms with Crippen LogP contribution in [0.4, 0.5) is 0 Å². The van der Waals surface area contributed by atoms with Crippen LogP contribution in [0.2, 0.25) is 0 Å². The molecule has 3 atom stereocenters. The van der Waals surface area contributed by atoms with Crippen molar-refractivity contribution in [2.24, 2.45) is 5.41 Å². The van der Waals surface area contributed by atoms with Gasteiger partial charge in [-0.05, 0) is 54.7 Å². The quantitative estimate of drug-likeness (QED) is 0.367. The van der Waals surface area contributed by atoms with Gasteiger partial charge in [-0.25, -0.2) is 14.6 Å². The molecule has 0 unspecified atom stereocenters. The first-order chi connectivity index (χ1) is 18.7. The van der Waals surface area contributed by atoms with Crippen LogP contribution in [-0.4, -0.2) is 55.1 Å². The molecular formula is C30H40N6O3. The van der Waals surface area contributed by atoms with Gasteiger partial charge in [0, 0.05) is 30.8 Å². The molecule has 2 aromatic heterocycles. The summed E-state index contributed by atoms with van der Waals surface area (Å²) in [5.41, 5.74) is 3.25. The molecule has 3 N–H and O–H groups in total. The summed E-state index contributed by atoms with van der Waals surface area (Å²) in [6.07, 6.45) is 9.51. The number of benzene rings is 1. The third-order valence-electron chi connectivity index (χ3n) is 7.65. The number of amides is 1. The van der Waals surface area contributed by atoms with Gasteiger partial charge in [-0.2, -0.15) is 5.10 Å². The summed E-state index contributed by atoms with van der Waals surface area (Å²) >= 11 is 0. The number of carbonyl (C=O) groups excluding carboxylic acids is 1. The molecule has 3 aromatic rings. The highest BCUT2D eigenvalue weighted by Crippen LogP contribution is 2.48. The monoisotopic (exact) mass is 532 g/mol. The summed E-state index contributed by atoms with van der Waals surface area (Å²) in [6, 6.07) is 11.7. The number of aromatic nitrogens is 4. The van der Waals surface area contributed by atoms with Gasteiger partial charge in [0.2, 0.25) is 11.8 Å². The van der Waals surface area contributed by atoms with E-state index in [0.717, 1.165) is 43.2 Å². The molecule has 1 aromatic carbocycles. The van der Waals surface area contributed by atoms with Gasteiger partial charge in [-0.15, -0.1) is 0 Å². The van der Waals surface area contributed by atoms with E-state index in [1.165, 1.54) is 22.9 Å². The molecule has 5 rings (SSSR count). The van der Waals surface area contributed by atoms with Crippen LogP contribution >= 0.6 is 0 Å². The van der Waals surface area contributed by atoms with Crippen molar-refractivity contribution >= 4 is 5.91 Å². The molecule has 1 aliphatic heterocycles. The second-order valence-corrected chi connectivity index (χ2v) is 12.3. The van der Waals surface area contributed by atoms with Crippen molar-refractivity contribution in [1.82, 2.24) is 30.4 Å². The fraction of sp³-hybridized carbons (Fsp3) is 0.533. The topological polar surface area (TPSA) is 114 Å². The van der Waals surface area contributed by atoms with Crippen LogP contribution in [0.15, 0.2) is 55.2 Å². The predicted octanol–water partition coefficient (Wildman–Crippen LogP) is 3.39. The summed E-state index contributed by atoms with van der Waals surface area (Å²) < 4.78 is 7.89. The maximum Gasteiger partial charge on any atom is 0.242 e. The van der Waals surface area contributed by atoms with Crippen LogP contribution in [0.1, 0.15) is 69.2 Å². The Morgan fingerprint density at radius 3 is 2.69 bits per heavy atom. The molecule has 208 valence electrons. The second kappa shape index (κ2) is 11.4. The van der Waals surface area contributed by atoms with Crippen molar-refractivity contribution in [2.75, 3.05) is 6.54 Å². The molecule has 1 saturated carbocycles. The van der Waals surface area contributed by atoms with Gasteiger partial charge < -0.3 is 20.5 Å². The SMILES string of the molecule is CC(C)(C)Cc1cnc2c(c1)[C@@H](NC[C@@H](O)[C@H](Cc1ccccc1)NC(=O)Cn1cncn1)CC1(CCC1)O2. The van der Waals surface area contributed by atoms with E-state index in [4.69, 9.17) is 9.72 Å². The summed E-state index contributed by atoms with van der Waals surface area (Å²) in [5.74, 6) is 0.480. The number of pyridine rings is 1. The highest BCUT2D eigenvalue weighted by Gasteiger charge is 2.46. The lowest BCUT2D eigenvalue weighted by atomic mass is 9.73. The van der Waals surface area contributed by atoms with E-state index in [0.29, 0.717) is 18.8 Å². The van der Waals surface area contributed by atoms with Crippen molar-refractivity contribution < 1.29 is 14.6 Å². The van der Waals surface area contributed by atoms with E-state index < -0.39 is 12.1 Å². The minimum atomic E-state index is -0.806. The van der Waals surface area contributed by atoms with Crippen molar-refractivity contribution in [2.45, 2.75) is 89.6 Å². The Bertz CT molecular complexity index is 1240. The Balaban J connectivity index is 1.31. The number of hydrogen-bond donors (Lipinski definition) is 3. The number of ether oxygens (including phenoxy) is 1. The first kappa shape index (κ1) is 27.3. The Kier molecular flexibility index (Phi) is 8.00. The second-order valence-electron chi connectivity index (χ2n) is 12.3. The van der Waals surface area contributed by atoms with E-state index in [-0.39, 0.29) is 29.5 Å². The summed E-state index contributed by atoms with van der Waals surface area (Å²) in [6.45, 7) is 7.04. The number of carbonyl (C=O) groups is 1. The largest absolute Gasteiger partial charge is 0.471 e. The van der Waals surface area contributed by atoms with Crippen molar-refractivity contribution in [3.05, 3.63) is 71.9 Å². The molecule has 1 amide bonds. The first-order valence-electron chi connectivity index (χ1n) is 13.9. The van der Waals surface area contributed by atoms with Gasteiger partial charge in [0.05, 0.1) is 12.1 Å². The smallest absolute Gasteiger partial charge is 0.242 e. The molecule has 1 fully saturated rings. The first-order valence-corrected chi connectivity index (χ1v) is 13.9. The zero-order valence-corrected chi connectivity index (χ0v) is 23.1. The van der Waals surface area contributed by atoms with Crippen LogP contribution in [0.25, 0.3) is 0 Å². The minimum absolute atomic E-state index is 0.0133. The van der Waals surface area contributed by atoms with Gasteiger partial charge in [-0.3, -0.25) is 4.79 Å². The Morgan fingerprint density at radius 1 is 1.23 bits per heavy atom. The van der Waals surface area contributed by atoms with Crippen LogP contribution in [-0.2, 0) is 24.2 Å². The Morgan fingerprint density at radius 2 is 2.03 bits per heavy atom. The molecule has 3 heterocycles. The zero-order chi connectivity index (χ0) is 27.5. The number of nitrogens with zero attached hydrogens (tertiary/aromatic N) is 4. The third kappa shape index (κ3) is 7.02. The molecule has 0 bridgehead atoms. The lowest BCUT2D eigenvalue weighted by Crippen LogP contribution is -2.52. The molecule has 2 aliphatic rings. The Hall–Kier alpha value is -3.30. The van der Waals surface area contributed by atoms with Crippen molar-refractivity contribution in [1.29, 1.82) is 0 Å². The molecule has 0 saturated heterocycles. The standard InChI is InChI=1S/C30H40N6O3/c1-29(2,3)14-22-12-23-25(15-30(10-7-11-30)39-28(23)33-16-22)32-17-26(37)24(13-21-8-5-4-6-9-21)35-27(38)18-36-20-31-19-34-36/h4-6,8-9,12,16,19-20,24-26,32,37H,7,10-11,13-15,17-18H2,1-3H3,(H,35,38)/t24-,25-,26+/m0/s1. The van der Waals surface area contributed by atoms with Gasteiger partial charge in [0.25, 0.3) is 0 Å². The number of aliphatic hydroxyl groups is 1. The van der Waals surface area contributed by atoms with E-state index in [2.05, 4.69) is 47.6 Å². The summed E-state index contributed by atoms with van der Waals surface area (Å²) in [5, 5.41) is 22.0. The van der Waals surface area contributed by atoms with Crippen LogP contribution in [0.5, 0.6) is 5.88 Å². The molecule has 1 spiro atoms.